The number of halogens is 2. The fraction of sp³-hybridized carbons (Fsp3) is 0.348. The lowest BCUT2D eigenvalue weighted by atomic mass is 10.0. The molecule has 2 aliphatic heterocycles. The lowest BCUT2D eigenvalue weighted by Gasteiger charge is -2.21. The van der Waals surface area contributed by atoms with Gasteiger partial charge in [-0.25, -0.2) is 14.2 Å². The lowest BCUT2D eigenvalue weighted by Crippen LogP contribution is -2.32. The van der Waals surface area contributed by atoms with Crippen LogP contribution in [0.2, 0.25) is 0 Å². The number of aromatic nitrogens is 2. The van der Waals surface area contributed by atoms with E-state index in [1.165, 1.54) is 6.07 Å². The largest absolute Gasteiger partial charge is 0.458 e. The lowest BCUT2D eigenvalue weighted by molar-refractivity contribution is -0.157. The van der Waals surface area contributed by atoms with E-state index in [1.54, 1.807) is 17.6 Å². The molecular weight excluding hydrogens is 467 g/mol. The van der Waals surface area contributed by atoms with Crippen LogP contribution >= 0.6 is 15.9 Å². The van der Waals surface area contributed by atoms with Gasteiger partial charge in [0.25, 0.3) is 5.56 Å². The number of esters is 1. The van der Waals surface area contributed by atoms with E-state index in [0.29, 0.717) is 33.5 Å². The number of carbonyl (C=O) groups is 1. The summed E-state index contributed by atoms with van der Waals surface area (Å²) in [6.45, 7) is 9.83. The van der Waals surface area contributed by atoms with Crippen LogP contribution in [0.5, 0.6) is 0 Å². The molecule has 2 aromatic heterocycles. The first-order chi connectivity index (χ1) is 14.9. The Hall–Kier alpha value is -2.58. The van der Waals surface area contributed by atoms with Crippen molar-refractivity contribution < 1.29 is 19.0 Å². The highest BCUT2D eigenvalue weighted by molar-refractivity contribution is 9.10. The molecular formula is C23H24BrFN2O4. The summed E-state index contributed by atoms with van der Waals surface area (Å²) in [5.41, 5.74) is 3.01. The van der Waals surface area contributed by atoms with Crippen molar-refractivity contribution in [1.82, 2.24) is 9.55 Å². The first kappa shape index (κ1) is 23.1. The SMILES string of the molecule is CC.CC.Cc1c(F)cc2nc3c(cc2c1Br)Cn1c-3cc2c(c1=O)COC(=O)C2O. The molecule has 0 saturated carbocycles. The van der Waals surface area contributed by atoms with E-state index in [9.17, 15) is 19.1 Å². The topological polar surface area (TPSA) is 81.4 Å². The minimum atomic E-state index is -1.49. The number of hydrogen-bond donors (Lipinski definition) is 1. The molecule has 1 unspecified atom stereocenters. The fourth-order valence-corrected chi connectivity index (χ4v) is 4.21. The monoisotopic (exact) mass is 490 g/mol. The van der Waals surface area contributed by atoms with Gasteiger partial charge in [-0.3, -0.25) is 4.79 Å². The summed E-state index contributed by atoms with van der Waals surface area (Å²) in [6, 6.07) is 4.85. The van der Waals surface area contributed by atoms with Gasteiger partial charge in [0.15, 0.2) is 6.10 Å². The van der Waals surface area contributed by atoms with Gasteiger partial charge in [0.05, 0.1) is 29.0 Å². The van der Waals surface area contributed by atoms with Crippen molar-refractivity contribution in [3.8, 4) is 11.4 Å². The predicted octanol–water partition coefficient (Wildman–Crippen LogP) is 4.78. The smallest absolute Gasteiger partial charge is 0.340 e. The minimum Gasteiger partial charge on any atom is -0.458 e. The van der Waals surface area contributed by atoms with Gasteiger partial charge in [0.1, 0.15) is 12.4 Å². The van der Waals surface area contributed by atoms with E-state index in [1.807, 2.05) is 33.8 Å². The molecule has 0 fully saturated rings. The Balaban J connectivity index is 0.000000645. The van der Waals surface area contributed by atoms with Gasteiger partial charge >= 0.3 is 5.97 Å². The molecule has 0 radical (unpaired) electrons. The number of aliphatic hydroxyl groups excluding tert-OH is 1. The predicted molar refractivity (Wildman–Crippen MR) is 120 cm³/mol. The molecule has 1 aromatic carbocycles. The highest BCUT2D eigenvalue weighted by Crippen LogP contribution is 2.37. The summed E-state index contributed by atoms with van der Waals surface area (Å²) in [5.74, 6) is -1.15. The molecule has 0 spiro atoms. The highest BCUT2D eigenvalue weighted by atomic mass is 79.9. The van der Waals surface area contributed by atoms with Gasteiger partial charge < -0.3 is 14.4 Å². The molecule has 1 atom stereocenters. The number of hydrogen-bond acceptors (Lipinski definition) is 5. The molecule has 2 aliphatic rings. The first-order valence-corrected chi connectivity index (χ1v) is 11.1. The van der Waals surface area contributed by atoms with Crippen LogP contribution in [0.25, 0.3) is 22.3 Å². The van der Waals surface area contributed by atoms with Gasteiger partial charge in [-0.1, -0.05) is 27.7 Å². The Kier molecular flexibility index (Phi) is 6.62. The van der Waals surface area contributed by atoms with Crippen molar-refractivity contribution in [2.24, 2.45) is 0 Å². The Morgan fingerprint density at radius 1 is 1.19 bits per heavy atom. The first-order valence-electron chi connectivity index (χ1n) is 10.3. The molecule has 8 heteroatoms. The van der Waals surface area contributed by atoms with Crippen molar-refractivity contribution in [3.05, 3.63) is 61.1 Å². The maximum Gasteiger partial charge on any atom is 0.340 e. The molecule has 1 N–H and O–H groups in total. The van der Waals surface area contributed by atoms with E-state index < -0.39 is 12.1 Å². The molecule has 4 heterocycles. The van der Waals surface area contributed by atoms with E-state index in [0.717, 1.165) is 10.9 Å². The Morgan fingerprint density at radius 2 is 1.87 bits per heavy atom. The van der Waals surface area contributed by atoms with Crippen LogP contribution in [0.15, 0.2) is 27.5 Å². The minimum absolute atomic E-state index is 0.161. The molecule has 164 valence electrons. The second kappa shape index (κ2) is 8.88. The van der Waals surface area contributed by atoms with Crippen molar-refractivity contribution in [1.29, 1.82) is 0 Å². The number of ether oxygens (including phenoxy) is 1. The van der Waals surface area contributed by atoms with Gasteiger partial charge in [0.2, 0.25) is 0 Å². The van der Waals surface area contributed by atoms with Gasteiger partial charge in [-0.15, -0.1) is 0 Å². The summed E-state index contributed by atoms with van der Waals surface area (Å²) < 4.78 is 21.2. The van der Waals surface area contributed by atoms with Crippen molar-refractivity contribution in [2.75, 3.05) is 0 Å². The molecule has 0 amide bonds. The number of carbonyl (C=O) groups excluding carboxylic acids is 1. The zero-order valence-electron chi connectivity index (χ0n) is 18.0. The quantitative estimate of drug-likeness (QED) is 0.358. The summed E-state index contributed by atoms with van der Waals surface area (Å²) in [4.78, 5) is 29.1. The zero-order valence-corrected chi connectivity index (χ0v) is 19.6. The Bertz CT molecular complexity index is 1250. The molecule has 31 heavy (non-hydrogen) atoms. The molecule has 6 nitrogen and oxygen atoms in total. The van der Waals surface area contributed by atoms with Crippen LogP contribution in [0, 0.1) is 12.7 Å². The van der Waals surface area contributed by atoms with E-state index >= 15 is 0 Å². The molecule has 5 rings (SSSR count). The second-order valence-corrected chi connectivity index (χ2v) is 7.52. The Morgan fingerprint density at radius 3 is 2.55 bits per heavy atom. The third kappa shape index (κ3) is 3.57. The normalized spacial score (nSPS) is 15.6. The highest BCUT2D eigenvalue weighted by Gasteiger charge is 2.33. The number of nitrogens with zero attached hydrogens (tertiary/aromatic N) is 2. The summed E-state index contributed by atoms with van der Waals surface area (Å²) in [5, 5.41) is 10.9. The van der Waals surface area contributed by atoms with Gasteiger partial charge in [-0.05, 0) is 40.5 Å². The van der Waals surface area contributed by atoms with Crippen molar-refractivity contribution in [3.63, 3.8) is 0 Å². The number of rotatable bonds is 0. The molecule has 3 aromatic rings. The van der Waals surface area contributed by atoms with Crippen LogP contribution < -0.4 is 5.56 Å². The van der Waals surface area contributed by atoms with Crippen LogP contribution in [-0.2, 0) is 22.7 Å². The third-order valence-electron chi connectivity index (χ3n) is 5.20. The zero-order chi connectivity index (χ0) is 23.0. The van der Waals surface area contributed by atoms with Gasteiger partial charge in [-0.2, -0.15) is 0 Å². The standard InChI is InChI=1S/C19H12BrFN2O4.2C2H6/c1-7-12(21)4-13-10(15(7)20)2-8-5-23-14(16(8)22-13)3-9-11(18(23)25)6-27-19(26)17(9)24;2*1-2/h2-4,17,24H,5-6H2,1H3;2*1-2H3. The molecule has 0 saturated heterocycles. The number of fused-ring (bicyclic) bond motifs is 5. The average Bonchev–Trinajstić information content (AvgIpc) is 3.15. The van der Waals surface area contributed by atoms with Crippen LogP contribution in [0.1, 0.15) is 56.1 Å². The summed E-state index contributed by atoms with van der Waals surface area (Å²) >= 11 is 3.42. The fourth-order valence-electron chi connectivity index (χ4n) is 3.70. The molecule has 0 bridgehead atoms. The molecule has 0 aliphatic carbocycles. The summed E-state index contributed by atoms with van der Waals surface area (Å²) in [6.07, 6.45) is -1.49. The maximum absolute atomic E-state index is 14.1. The maximum atomic E-state index is 14.1. The van der Waals surface area contributed by atoms with Crippen LogP contribution in [0.4, 0.5) is 4.39 Å². The Labute approximate surface area is 187 Å². The van der Waals surface area contributed by atoms with Crippen molar-refractivity contribution >= 4 is 32.8 Å². The van der Waals surface area contributed by atoms with Crippen LogP contribution in [0.3, 0.4) is 0 Å². The number of benzene rings is 1. The van der Waals surface area contributed by atoms with Crippen LogP contribution in [-0.4, -0.2) is 20.6 Å². The van der Waals surface area contributed by atoms with Gasteiger partial charge in [0, 0.05) is 27.1 Å². The van der Waals surface area contributed by atoms with E-state index in [-0.39, 0.29) is 29.1 Å². The van der Waals surface area contributed by atoms with E-state index in [4.69, 9.17) is 4.74 Å². The number of cyclic esters (lactones) is 1. The third-order valence-corrected chi connectivity index (χ3v) is 6.22. The van der Waals surface area contributed by atoms with E-state index in [2.05, 4.69) is 20.9 Å². The number of aliphatic hydroxyl groups is 1. The van der Waals surface area contributed by atoms with Crippen molar-refractivity contribution in [2.45, 2.75) is 53.9 Å². The average molecular weight is 491 g/mol. The second-order valence-electron chi connectivity index (χ2n) is 6.73. The summed E-state index contributed by atoms with van der Waals surface area (Å²) in [7, 11) is 0. The number of pyridine rings is 2.